The Labute approximate surface area is 188 Å². The Balaban J connectivity index is 2.07. The molecule has 0 aliphatic heterocycles. The summed E-state index contributed by atoms with van der Waals surface area (Å²) in [6.07, 6.45) is 4.38. The van der Waals surface area contributed by atoms with Crippen molar-refractivity contribution >= 4 is 28.7 Å². The Kier molecular flexibility index (Phi) is 9.67. The van der Waals surface area contributed by atoms with Crippen LogP contribution < -0.4 is 22.1 Å². The fourth-order valence-electron chi connectivity index (χ4n) is 3.61. The lowest BCUT2D eigenvalue weighted by molar-refractivity contribution is -0.143. The van der Waals surface area contributed by atoms with Gasteiger partial charge in [-0.05, 0) is 49.8 Å². The highest BCUT2D eigenvalue weighted by Crippen LogP contribution is 2.19. The fourth-order valence-corrected chi connectivity index (χ4v) is 3.61. The molecule has 176 valence electrons. The number of hydrogen-bond donors (Lipinski definition) is 6. The molecule has 9 nitrogen and oxygen atoms in total. The number of carboxylic acid groups (broad SMARTS) is 1. The van der Waals surface area contributed by atoms with Gasteiger partial charge in [0.2, 0.25) is 11.8 Å². The lowest BCUT2D eigenvalue weighted by Crippen LogP contribution is -2.55. The molecule has 4 atom stereocenters. The number of para-hydroxylation sites is 1. The molecule has 1 aromatic heterocycles. The summed E-state index contributed by atoms with van der Waals surface area (Å²) < 4.78 is 0. The number of aromatic nitrogens is 1. The maximum absolute atomic E-state index is 12.9. The summed E-state index contributed by atoms with van der Waals surface area (Å²) >= 11 is 0. The number of benzene rings is 1. The summed E-state index contributed by atoms with van der Waals surface area (Å²) in [5, 5.41) is 15.8. The molecule has 0 fully saturated rings. The molecule has 0 saturated carbocycles. The first-order chi connectivity index (χ1) is 15.3. The molecule has 0 aliphatic rings. The number of carbonyl (C=O) groups is 3. The Morgan fingerprint density at radius 1 is 1.12 bits per heavy atom. The minimum Gasteiger partial charge on any atom is -0.480 e. The first kappa shape index (κ1) is 25.4. The summed E-state index contributed by atoms with van der Waals surface area (Å²) in [6.45, 7) is 4.09. The first-order valence-corrected chi connectivity index (χ1v) is 11.1. The number of fused-ring (bicyclic) bond motifs is 1. The van der Waals surface area contributed by atoms with Crippen LogP contribution in [-0.4, -0.2) is 52.5 Å². The van der Waals surface area contributed by atoms with Crippen molar-refractivity contribution in [3.05, 3.63) is 36.0 Å². The van der Waals surface area contributed by atoms with Crippen molar-refractivity contribution in [2.45, 2.75) is 64.1 Å². The van der Waals surface area contributed by atoms with Gasteiger partial charge in [-0.15, -0.1) is 0 Å². The van der Waals surface area contributed by atoms with Gasteiger partial charge in [0.05, 0.1) is 6.04 Å². The van der Waals surface area contributed by atoms with Crippen LogP contribution in [0.2, 0.25) is 0 Å². The summed E-state index contributed by atoms with van der Waals surface area (Å²) in [5.41, 5.74) is 13.6. The second-order valence-electron chi connectivity index (χ2n) is 8.23. The summed E-state index contributed by atoms with van der Waals surface area (Å²) in [4.78, 5) is 40.4. The van der Waals surface area contributed by atoms with E-state index in [0.29, 0.717) is 38.6 Å². The van der Waals surface area contributed by atoms with Gasteiger partial charge < -0.3 is 32.2 Å². The van der Waals surface area contributed by atoms with Crippen molar-refractivity contribution in [3.8, 4) is 0 Å². The summed E-state index contributed by atoms with van der Waals surface area (Å²) in [6, 6.07) is 4.97. The molecule has 0 bridgehead atoms. The number of unbranched alkanes of at least 4 members (excludes halogenated alkanes) is 1. The maximum atomic E-state index is 12.9. The molecule has 2 amide bonds. The van der Waals surface area contributed by atoms with Crippen LogP contribution in [0.1, 0.15) is 45.1 Å². The van der Waals surface area contributed by atoms with Crippen LogP contribution in [0.25, 0.3) is 10.9 Å². The minimum absolute atomic E-state index is 0.249. The van der Waals surface area contributed by atoms with E-state index in [9.17, 15) is 19.5 Å². The van der Waals surface area contributed by atoms with Crippen molar-refractivity contribution in [1.29, 1.82) is 0 Å². The topological polar surface area (TPSA) is 163 Å². The number of nitrogens with two attached hydrogens (primary N) is 2. The predicted octanol–water partition coefficient (Wildman–Crippen LogP) is 1.27. The molecule has 2 aromatic rings. The number of H-pyrrole nitrogens is 1. The molecule has 9 heteroatoms. The van der Waals surface area contributed by atoms with Gasteiger partial charge in [-0.25, -0.2) is 4.79 Å². The van der Waals surface area contributed by atoms with Gasteiger partial charge in [-0.2, -0.15) is 0 Å². The second kappa shape index (κ2) is 12.2. The molecular formula is C23H35N5O4. The van der Waals surface area contributed by atoms with Crippen LogP contribution >= 0.6 is 0 Å². The molecular weight excluding hydrogens is 410 g/mol. The lowest BCUT2D eigenvalue weighted by Gasteiger charge is -2.25. The van der Waals surface area contributed by atoms with E-state index in [-0.39, 0.29) is 5.92 Å². The average molecular weight is 446 g/mol. The predicted molar refractivity (Wildman–Crippen MR) is 124 cm³/mol. The third-order valence-corrected chi connectivity index (χ3v) is 5.81. The van der Waals surface area contributed by atoms with E-state index >= 15 is 0 Å². The van der Waals surface area contributed by atoms with E-state index < -0.39 is 35.9 Å². The van der Waals surface area contributed by atoms with Crippen LogP contribution in [-0.2, 0) is 20.8 Å². The van der Waals surface area contributed by atoms with Crippen molar-refractivity contribution < 1.29 is 19.5 Å². The number of carbonyl (C=O) groups excluding carboxylic acids is 2. The molecule has 4 unspecified atom stereocenters. The van der Waals surface area contributed by atoms with Gasteiger partial charge in [-0.1, -0.05) is 38.5 Å². The van der Waals surface area contributed by atoms with Crippen LogP contribution in [0.3, 0.4) is 0 Å². The fraction of sp³-hybridized carbons (Fsp3) is 0.522. The van der Waals surface area contributed by atoms with Gasteiger partial charge >= 0.3 is 5.97 Å². The number of amides is 2. The van der Waals surface area contributed by atoms with Crippen LogP contribution in [0.5, 0.6) is 0 Å². The van der Waals surface area contributed by atoms with E-state index in [2.05, 4.69) is 15.6 Å². The molecule has 1 heterocycles. The normalized spacial score (nSPS) is 15.0. The van der Waals surface area contributed by atoms with Crippen molar-refractivity contribution in [3.63, 3.8) is 0 Å². The summed E-state index contributed by atoms with van der Waals surface area (Å²) in [7, 11) is 0. The zero-order valence-electron chi connectivity index (χ0n) is 18.8. The van der Waals surface area contributed by atoms with Gasteiger partial charge in [0.25, 0.3) is 0 Å². The van der Waals surface area contributed by atoms with E-state index in [4.69, 9.17) is 11.5 Å². The quantitative estimate of drug-likeness (QED) is 0.254. The highest BCUT2D eigenvalue weighted by atomic mass is 16.4. The standard InChI is InChI=1S/C23H35N5O4/c1-3-14(2)20(23(31)32)28-22(30)19(10-6-7-11-24)27-21(29)17(25)12-15-13-26-18-9-5-4-8-16(15)18/h4-5,8-9,13-14,17,19-20,26H,3,6-7,10-12,24-25H2,1-2H3,(H,27,29)(H,28,30)(H,31,32). The Morgan fingerprint density at radius 3 is 2.50 bits per heavy atom. The number of nitrogens with one attached hydrogen (secondary N) is 3. The number of hydrogen-bond acceptors (Lipinski definition) is 5. The summed E-state index contributed by atoms with van der Waals surface area (Å²) in [5.74, 6) is -2.34. The van der Waals surface area contributed by atoms with Crippen LogP contribution in [0.15, 0.2) is 30.5 Å². The average Bonchev–Trinajstić information content (AvgIpc) is 3.18. The molecule has 1 aromatic carbocycles. The monoisotopic (exact) mass is 445 g/mol. The largest absolute Gasteiger partial charge is 0.480 e. The molecule has 0 spiro atoms. The second-order valence-corrected chi connectivity index (χ2v) is 8.23. The van der Waals surface area contributed by atoms with Gasteiger partial charge in [0.15, 0.2) is 0 Å². The SMILES string of the molecule is CCC(C)C(NC(=O)C(CCCCN)NC(=O)C(N)Cc1c[nH]c2ccccc12)C(=O)O. The number of aromatic amines is 1. The van der Waals surface area contributed by atoms with Gasteiger partial charge in [0, 0.05) is 17.1 Å². The zero-order chi connectivity index (χ0) is 23.7. The van der Waals surface area contributed by atoms with E-state index in [1.807, 2.05) is 37.4 Å². The molecule has 0 radical (unpaired) electrons. The molecule has 0 saturated heterocycles. The van der Waals surface area contributed by atoms with Gasteiger partial charge in [-0.3, -0.25) is 9.59 Å². The highest BCUT2D eigenvalue weighted by Gasteiger charge is 2.30. The van der Waals surface area contributed by atoms with Gasteiger partial charge in [0.1, 0.15) is 12.1 Å². The Bertz CT molecular complexity index is 913. The number of aliphatic carboxylic acids is 1. The lowest BCUT2D eigenvalue weighted by atomic mass is 9.98. The van der Waals surface area contributed by atoms with E-state index in [1.54, 1.807) is 6.92 Å². The minimum atomic E-state index is -1.10. The van der Waals surface area contributed by atoms with Crippen LogP contribution in [0, 0.1) is 5.92 Å². The molecule has 0 aliphatic carbocycles. The zero-order valence-corrected chi connectivity index (χ0v) is 18.8. The van der Waals surface area contributed by atoms with Crippen molar-refractivity contribution in [1.82, 2.24) is 15.6 Å². The van der Waals surface area contributed by atoms with Crippen LogP contribution in [0.4, 0.5) is 0 Å². The first-order valence-electron chi connectivity index (χ1n) is 11.1. The third-order valence-electron chi connectivity index (χ3n) is 5.81. The molecule has 2 rings (SSSR count). The third kappa shape index (κ3) is 6.80. The number of carboxylic acids is 1. The van der Waals surface area contributed by atoms with Crippen molar-refractivity contribution in [2.24, 2.45) is 17.4 Å². The van der Waals surface area contributed by atoms with E-state index in [1.165, 1.54) is 0 Å². The van der Waals surface area contributed by atoms with E-state index in [0.717, 1.165) is 16.5 Å². The Hall–Kier alpha value is -2.91. The molecule has 8 N–H and O–H groups in total. The Morgan fingerprint density at radius 2 is 1.84 bits per heavy atom. The molecule has 32 heavy (non-hydrogen) atoms. The number of rotatable bonds is 13. The maximum Gasteiger partial charge on any atom is 0.326 e. The van der Waals surface area contributed by atoms with Crippen molar-refractivity contribution in [2.75, 3.05) is 6.54 Å². The smallest absolute Gasteiger partial charge is 0.326 e. The highest BCUT2D eigenvalue weighted by molar-refractivity contribution is 5.92.